The van der Waals surface area contributed by atoms with Crippen LogP contribution in [0.4, 0.5) is 14.9 Å². The molecule has 1 unspecified atom stereocenters. The van der Waals surface area contributed by atoms with Gasteiger partial charge < -0.3 is 10.1 Å². The largest absolute Gasteiger partial charge is 0.495 e. The first-order valence-electron chi connectivity index (χ1n) is 11.3. The molecule has 0 aliphatic carbocycles. The number of hydrogen-bond acceptors (Lipinski definition) is 6. The quantitative estimate of drug-likeness (QED) is 0.350. The van der Waals surface area contributed by atoms with Crippen LogP contribution in [0.1, 0.15) is 35.2 Å². The molecule has 1 atom stereocenters. The molecule has 36 heavy (non-hydrogen) atoms. The number of ether oxygens (including phenoxy) is 1. The molecule has 190 valence electrons. The predicted octanol–water partition coefficient (Wildman–Crippen LogP) is 4.74. The van der Waals surface area contributed by atoms with Gasteiger partial charge in [0.15, 0.2) is 9.84 Å². The molecule has 8 nitrogen and oxygen atoms in total. The summed E-state index contributed by atoms with van der Waals surface area (Å²) in [7, 11) is -0.406. The van der Waals surface area contributed by atoms with E-state index in [0.717, 1.165) is 18.7 Å². The molecular formula is C26H28FN3O5S. The maximum absolute atomic E-state index is 14.0. The second-order valence-corrected chi connectivity index (χ2v) is 10.8. The first kappa shape index (κ1) is 25.6. The summed E-state index contributed by atoms with van der Waals surface area (Å²) < 4.78 is 45.8. The lowest BCUT2D eigenvalue weighted by molar-refractivity contribution is -0.0698. The number of sulfone groups is 1. The fourth-order valence-electron chi connectivity index (χ4n) is 4.31. The van der Waals surface area contributed by atoms with Crippen LogP contribution in [-0.2, 0) is 28.7 Å². The summed E-state index contributed by atoms with van der Waals surface area (Å²) in [5.41, 5.74) is 3.34. The van der Waals surface area contributed by atoms with E-state index in [-0.39, 0.29) is 27.6 Å². The average molecular weight is 514 g/mol. The van der Waals surface area contributed by atoms with Crippen molar-refractivity contribution < 1.29 is 27.5 Å². The van der Waals surface area contributed by atoms with E-state index in [1.807, 2.05) is 25.2 Å². The standard InChI is InChI=1S/C26H28FN3O5S/c1-17(22-6-4-5-7-23(22)27)30(32)26(31)28-21-10-11-25(24(13-21)35-3)36(33,34)16-18-8-9-19-14-29(2)15-20(19)12-18/h4-13,17,32H,14-16H2,1-3H3,(H,28,31). The molecule has 3 aromatic rings. The summed E-state index contributed by atoms with van der Waals surface area (Å²) in [6.07, 6.45) is 0. The lowest BCUT2D eigenvalue weighted by atomic mass is 10.1. The Morgan fingerprint density at radius 1 is 1.14 bits per heavy atom. The van der Waals surface area contributed by atoms with Gasteiger partial charge in [0.25, 0.3) is 0 Å². The zero-order valence-corrected chi connectivity index (χ0v) is 21.0. The van der Waals surface area contributed by atoms with Gasteiger partial charge in [0.1, 0.15) is 16.5 Å². The molecule has 0 saturated carbocycles. The monoisotopic (exact) mass is 513 g/mol. The number of hydrogen-bond donors (Lipinski definition) is 2. The Labute approximate surface area is 209 Å². The summed E-state index contributed by atoms with van der Waals surface area (Å²) in [6.45, 7) is 3.09. The number of carbonyl (C=O) groups excluding carboxylic acids is 1. The zero-order chi connectivity index (χ0) is 26.0. The van der Waals surface area contributed by atoms with Gasteiger partial charge in [-0.25, -0.2) is 17.6 Å². The Balaban J connectivity index is 1.50. The van der Waals surface area contributed by atoms with E-state index in [1.54, 1.807) is 6.07 Å². The third-order valence-electron chi connectivity index (χ3n) is 6.19. The SMILES string of the molecule is COc1cc(NC(=O)N(O)C(C)c2ccccc2F)ccc1S(=O)(=O)Cc1ccc2c(c1)CN(C)C2. The van der Waals surface area contributed by atoms with E-state index in [9.17, 15) is 22.8 Å². The highest BCUT2D eigenvalue weighted by Gasteiger charge is 2.25. The van der Waals surface area contributed by atoms with E-state index in [4.69, 9.17) is 4.74 Å². The van der Waals surface area contributed by atoms with Crippen LogP contribution in [0.3, 0.4) is 0 Å². The van der Waals surface area contributed by atoms with Crippen molar-refractivity contribution in [2.45, 2.75) is 36.7 Å². The van der Waals surface area contributed by atoms with Crippen LogP contribution in [-0.4, -0.2) is 43.8 Å². The van der Waals surface area contributed by atoms with Crippen LogP contribution in [0.25, 0.3) is 0 Å². The molecule has 2 N–H and O–H groups in total. The third kappa shape index (κ3) is 5.35. The van der Waals surface area contributed by atoms with Gasteiger partial charge in [0, 0.05) is 30.4 Å². The van der Waals surface area contributed by atoms with Crippen LogP contribution >= 0.6 is 0 Å². The molecule has 10 heteroatoms. The highest BCUT2D eigenvalue weighted by atomic mass is 32.2. The summed E-state index contributed by atoms with van der Waals surface area (Å²) in [5, 5.41) is 13.2. The highest BCUT2D eigenvalue weighted by molar-refractivity contribution is 7.90. The number of methoxy groups -OCH3 is 1. The normalized spacial score (nSPS) is 14.2. The van der Waals surface area contributed by atoms with Crippen molar-refractivity contribution in [1.29, 1.82) is 0 Å². The number of urea groups is 1. The summed E-state index contributed by atoms with van der Waals surface area (Å²) >= 11 is 0. The molecule has 0 aromatic heterocycles. The number of halogens is 1. The Morgan fingerprint density at radius 2 is 1.86 bits per heavy atom. The summed E-state index contributed by atoms with van der Waals surface area (Å²) in [6, 6.07) is 13.8. The van der Waals surface area contributed by atoms with E-state index in [0.29, 0.717) is 10.6 Å². The number of hydroxylamine groups is 2. The molecule has 2 amide bonds. The Kier molecular flexibility index (Phi) is 7.30. The average Bonchev–Trinajstić information content (AvgIpc) is 3.22. The van der Waals surface area contributed by atoms with Gasteiger partial charge in [-0.1, -0.05) is 36.4 Å². The van der Waals surface area contributed by atoms with Gasteiger partial charge in [-0.3, -0.25) is 10.1 Å². The Hall–Kier alpha value is -3.47. The van der Waals surface area contributed by atoms with Crippen molar-refractivity contribution in [2.24, 2.45) is 0 Å². The number of fused-ring (bicyclic) bond motifs is 1. The van der Waals surface area contributed by atoms with Gasteiger partial charge in [-0.15, -0.1) is 0 Å². The maximum Gasteiger partial charge on any atom is 0.346 e. The van der Waals surface area contributed by atoms with Crippen molar-refractivity contribution in [2.75, 3.05) is 19.5 Å². The first-order chi connectivity index (χ1) is 17.1. The number of amides is 2. The molecule has 0 radical (unpaired) electrons. The van der Waals surface area contributed by atoms with Crippen molar-refractivity contribution >= 4 is 21.6 Å². The number of nitrogens with one attached hydrogen (secondary N) is 1. The van der Waals surface area contributed by atoms with Crippen molar-refractivity contribution in [3.63, 3.8) is 0 Å². The summed E-state index contributed by atoms with van der Waals surface area (Å²) in [4.78, 5) is 14.7. The molecule has 0 saturated heterocycles. The molecule has 0 fully saturated rings. The topological polar surface area (TPSA) is 99.2 Å². The van der Waals surface area contributed by atoms with Crippen LogP contribution in [0.15, 0.2) is 65.6 Å². The number of anilines is 1. The Bertz CT molecular complexity index is 1400. The molecule has 3 aromatic carbocycles. The highest BCUT2D eigenvalue weighted by Crippen LogP contribution is 2.31. The van der Waals surface area contributed by atoms with Crippen molar-refractivity contribution in [3.05, 3.63) is 88.7 Å². The molecule has 0 spiro atoms. The molecule has 4 rings (SSSR count). The van der Waals surface area contributed by atoms with Gasteiger partial charge >= 0.3 is 6.03 Å². The maximum atomic E-state index is 14.0. The second kappa shape index (κ2) is 10.3. The van der Waals surface area contributed by atoms with Crippen molar-refractivity contribution in [3.8, 4) is 5.75 Å². The molecule has 1 aliphatic rings. The second-order valence-electron chi connectivity index (χ2n) is 8.87. The lowest BCUT2D eigenvalue weighted by Crippen LogP contribution is -2.34. The van der Waals surface area contributed by atoms with Crippen LogP contribution in [0, 0.1) is 5.82 Å². The van der Waals surface area contributed by atoms with Crippen molar-refractivity contribution in [1.82, 2.24) is 9.96 Å². The van der Waals surface area contributed by atoms with Gasteiger partial charge in [-0.05, 0) is 48.9 Å². The van der Waals surface area contributed by atoms with Crippen LogP contribution < -0.4 is 10.1 Å². The number of nitrogens with zero attached hydrogens (tertiary/aromatic N) is 2. The summed E-state index contributed by atoms with van der Waals surface area (Å²) in [5.74, 6) is -0.694. The smallest absolute Gasteiger partial charge is 0.346 e. The predicted molar refractivity (Wildman–Crippen MR) is 133 cm³/mol. The molecular weight excluding hydrogens is 485 g/mol. The van der Waals surface area contributed by atoms with Gasteiger partial charge in [0.05, 0.1) is 18.9 Å². The molecule has 0 bridgehead atoms. The molecule has 1 aliphatic heterocycles. The minimum atomic E-state index is -3.76. The minimum absolute atomic E-state index is 0.0128. The number of rotatable bonds is 7. The minimum Gasteiger partial charge on any atom is -0.495 e. The Morgan fingerprint density at radius 3 is 2.58 bits per heavy atom. The van der Waals surface area contributed by atoms with Gasteiger partial charge in [-0.2, -0.15) is 5.06 Å². The van der Waals surface area contributed by atoms with E-state index < -0.39 is 27.7 Å². The lowest BCUT2D eigenvalue weighted by Gasteiger charge is -2.23. The number of benzene rings is 3. The zero-order valence-electron chi connectivity index (χ0n) is 20.2. The third-order valence-corrected chi connectivity index (χ3v) is 7.91. The first-order valence-corrected chi connectivity index (χ1v) is 13.0. The van der Waals surface area contributed by atoms with E-state index >= 15 is 0 Å². The number of carbonyl (C=O) groups is 1. The fraction of sp³-hybridized carbons (Fsp3) is 0.269. The van der Waals surface area contributed by atoms with Crippen LogP contribution in [0.5, 0.6) is 5.75 Å². The fourth-order valence-corrected chi connectivity index (χ4v) is 5.81. The van der Waals surface area contributed by atoms with E-state index in [1.165, 1.54) is 56.0 Å². The molecule has 1 heterocycles. The van der Waals surface area contributed by atoms with Gasteiger partial charge in [0.2, 0.25) is 0 Å². The van der Waals surface area contributed by atoms with Crippen LogP contribution in [0.2, 0.25) is 0 Å². The van der Waals surface area contributed by atoms with E-state index in [2.05, 4.69) is 10.2 Å².